The molecule has 0 atom stereocenters. The molecule has 3 nitrogen and oxygen atoms in total. The number of nitrogens with zero attached hydrogens (tertiary/aromatic N) is 1. The molecule has 0 saturated carbocycles. The minimum absolute atomic E-state index is 0.226. The second-order valence-corrected chi connectivity index (χ2v) is 6.40. The molecular formula is C17H12ClFN2OS. The van der Waals surface area contributed by atoms with Crippen LogP contribution in [0.5, 0.6) is 0 Å². The first kappa shape index (κ1) is 15.8. The number of amidine groups is 1. The monoisotopic (exact) mass is 346 g/mol. The molecular weight excluding hydrogens is 335 g/mol. The molecule has 2 aromatic carbocycles. The zero-order valence-corrected chi connectivity index (χ0v) is 13.7. The van der Waals surface area contributed by atoms with Crippen LogP contribution in [0.1, 0.15) is 11.1 Å². The van der Waals surface area contributed by atoms with Gasteiger partial charge in [0.05, 0.1) is 10.6 Å². The van der Waals surface area contributed by atoms with Gasteiger partial charge in [-0.25, -0.2) is 9.38 Å². The zero-order valence-electron chi connectivity index (χ0n) is 12.1. The smallest absolute Gasteiger partial charge is 0.264 e. The van der Waals surface area contributed by atoms with Gasteiger partial charge in [0.15, 0.2) is 5.17 Å². The van der Waals surface area contributed by atoms with E-state index >= 15 is 0 Å². The van der Waals surface area contributed by atoms with Crippen LogP contribution in [0.4, 0.5) is 10.1 Å². The first-order valence-corrected chi connectivity index (χ1v) is 8.02. The van der Waals surface area contributed by atoms with Gasteiger partial charge in [0.2, 0.25) is 0 Å². The predicted molar refractivity (Wildman–Crippen MR) is 93.4 cm³/mol. The molecule has 23 heavy (non-hydrogen) atoms. The molecule has 0 aromatic heterocycles. The van der Waals surface area contributed by atoms with Crippen molar-refractivity contribution in [2.24, 2.45) is 4.99 Å². The van der Waals surface area contributed by atoms with Gasteiger partial charge in [-0.05, 0) is 60.2 Å². The molecule has 0 bridgehead atoms. The fourth-order valence-electron chi connectivity index (χ4n) is 1.96. The van der Waals surface area contributed by atoms with E-state index in [0.717, 1.165) is 11.1 Å². The summed E-state index contributed by atoms with van der Waals surface area (Å²) in [6.45, 7) is 1.91. The Kier molecular flexibility index (Phi) is 4.50. The van der Waals surface area contributed by atoms with Crippen molar-refractivity contribution >= 4 is 46.2 Å². The van der Waals surface area contributed by atoms with E-state index in [9.17, 15) is 9.18 Å². The summed E-state index contributed by atoms with van der Waals surface area (Å²) in [5, 5.41) is 3.82. The maximum Gasteiger partial charge on any atom is 0.264 e. The molecule has 1 saturated heterocycles. The molecule has 6 heteroatoms. The van der Waals surface area contributed by atoms with Crippen LogP contribution in [0.3, 0.4) is 0 Å². The van der Waals surface area contributed by atoms with Crippen LogP contribution in [-0.2, 0) is 4.79 Å². The number of hydrogen-bond acceptors (Lipinski definition) is 3. The van der Waals surface area contributed by atoms with Gasteiger partial charge >= 0.3 is 0 Å². The van der Waals surface area contributed by atoms with E-state index in [1.807, 2.05) is 19.1 Å². The van der Waals surface area contributed by atoms with E-state index in [2.05, 4.69) is 10.3 Å². The number of carbonyl (C=O) groups is 1. The average molecular weight is 347 g/mol. The Hall–Kier alpha value is -2.11. The topological polar surface area (TPSA) is 41.5 Å². The fourth-order valence-corrected chi connectivity index (χ4v) is 2.98. The SMILES string of the molecule is Cc1ccc(N=C2NC(=O)/C(=C/c3ccc(F)cc3)S2)cc1Cl. The van der Waals surface area contributed by atoms with Crippen molar-refractivity contribution in [1.82, 2.24) is 5.32 Å². The number of amides is 1. The number of aryl methyl sites for hydroxylation is 1. The molecule has 0 spiro atoms. The highest BCUT2D eigenvalue weighted by molar-refractivity contribution is 8.18. The molecule has 1 heterocycles. The molecule has 0 unspecified atom stereocenters. The van der Waals surface area contributed by atoms with E-state index < -0.39 is 0 Å². The maximum absolute atomic E-state index is 12.9. The summed E-state index contributed by atoms with van der Waals surface area (Å²) >= 11 is 7.31. The molecule has 116 valence electrons. The third-order valence-electron chi connectivity index (χ3n) is 3.20. The second-order valence-electron chi connectivity index (χ2n) is 4.97. The van der Waals surface area contributed by atoms with Crippen molar-refractivity contribution < 1.29 is 9.18 Å². The lowest BCUT2D eigenvalue weighted by atomic mass is 10.2. The number of hydrogen-bond donors (Lipinski definition) is 1. The van der Waals surface area contributed by atoms with Gasteiger partial charge in [0, 0.05) is 5.02 Å². The lowest BCUT2D eigenvalue weighted by Gasteiger charge is -2.00. The Balaban J connectivity index is 1.82. The summed E-state index contributed by atoms with van der Waals surface area (Å²) in [5.41, 5.74) is 2.39. The van der Waals surface area contributed by atoms with Crippen molar-refractivity contribution in [2.75, 3.05) is 0 Å². The Labute approximate surface area is 142 Å². The summed E-state index contributed by atoms with van der Waals surface area (Å²) in [4.78, 5) is 16.9. The van der Waals surface area contributed by atoms with Gasteiger partial charge in [-0.15, -0.1) is 0 Å². The van der Waals surface area contributed by atoms with Gasteiger partial charge in [0.1, 0.15) is 5.82 Å². The van der Waals surface area contributed by atoms with E-state index in [4.69, 9.17) is 11.6 Å². The highest BCUT2D eigenvalue weighted by atomic mass is 35.5. The van der Waals surface area contributed by atoms with Crippen molar-refractivity contribution in [3.63, 3.8) is 0 Å². The standard InChI is InChI=1S/C17H12ClFN2OS/c1-10-2-7-13(9-14(10)18)20-17-21-16(22)15(23-17)8-11-3-5-12(19)6-4-11/h2-9H,1H3,(H,20,21,22)/b15-8-. The zero-order chi connectivity index (χ0) is 16.4. The second kappa shape index (κ2) is 6.56. The van der Waals surface area contributed by atoms with E-state index in [1.165, 1.54) is 23.9 Å². The molecule has 1 N–H and O–H groups in total. The van der Waals surface area contributed by atoms with Crippen LogP contribution in [0.15, 0.2) is 52.4 Å². The lowest BCUT2D eigenvalue weighted by molar-refractivity contribution is -0.115. The molecule has 1 amide bonds. The van der Waals surface area contributed by atoms with Crippen LogP contribution in [0.2, 0.25) is 5.02 Å². The van der Waals surface area contributed by atoms with Crippen LogP contribution in [0.25, 0.3) is 6.08 Å². The van der Waals surface area contributed by atoms with Gasteiger partial charge in [0.25, 0.3) is 5.91 Å². The quantitative estimate of drug-likeness (QED) is 0.802. The van der Waals surface area contributed by atoms with E-state index in [0.29, 0.717) is 20.8 Å². The first-order chi connectivity index (χ1) is 11.0. The van der Waals surface area contributed by atoms with Crippen LogP contribution in [0, 0.1) is 12.7 Å². The Morgan fingerprint density at radius 3 is 2.65 bits per heavy atom. The molecule has 0 radical (unpaired) electrons. The Morgan fingerprint density at radius 2 is 1.96 bits per heavy atom. The van der Waals surface area contributed by atoms with Crippen LogP contribution >= 0.6 is 23.4 Å². The van der Waals surface area contributed by atoms with Gasteiger partial charge in [-0.3, -0.25) is 4.79 Å². The van der Waals surface area contributed by atoms with E-state index in [1.54, 1.807) is 24.3 Å². The fraction of sp³-hybridized carbons (Fsp3) is 0.0588. The number of carbonyl (C=O) groups excluding carboxylic acids is 1. The average Bonchev–Trinajstić information content (AvgIpc) is 2.85. The minimum Gasteiger partial charge on any atom is -0.300 e. The first-order valence-electron chi connectivity index (χ1n) is 6.82. The molecule has 1 aliphatic rings. The highest BCUT2D eigenvalue weighted by Gasteiger charge is 2.23. The Morgan fingerprint density at radius 1 is 1.22 bits per heavy atom. The van der Waals surface area contributed by atoms with Crippen molar-refractivity contribution in [1.29, 1.82) is 0 Å². The summed E-state index contributed by atoms with van der Waals surface area (Å²) < 4.78 is 12.9. The highest BCUT2D eigenvalue weighted by Crippen LogP contribution is 2.29. The van der Waals surface area contributed by atoms with Gasteiger partial charge < -0.3 is 5.32 Å². The Bertz CT molecular complexity index is 831. The summed E-state index contributed by atoms with van der Waals surface area (Å²) in [5.74, 6) is -0.537. The lowest BCUT2D eigenvalue weighted by Crippen LogP contribution is -2.19. The molecule has 1 fully saturated rings. The van der Waals surface area contributed by atoms with Crippen molar-refractivity contribution in [3.05, 3.63) is 69.3 Å². The summed E-state index contributed by atoms with van der Waals surface area (Å²) in [6.07, 6.45) is 1.70. The molecule has 3 rings (SSSR count). The minimum atomic E-state index is -0.311. The van der Waals surface area contributed by atoms with Crippen LogP contribution < -0.4 is 5.32 Å². The number of halogens is 2. The van der Waals surface area contributed by atoms with E-state index in [-0.39, 0.29) is 11.7 Å². The molecule has 2 aromatic rings. The number of nitrogens with one attached hydrogen (secondary N) is 1. The van der Waals surface area contributed by atoms with Crippen LogP contribution in [-0.4, -0.2) is 11.1 Å². The third kappa shape index (κ3) is 3.81. The summed E-state index contributed by atoms with van der Waals surface area (Å²) in [6, 6.07) is 11.4. The number of rotatable bonds is 2. The number of thioether (sulfide) groups is 1. The number of aliphatic imine (C=N–C) groups is 1. The molecule has 0 aliphatic carbocycles. The van der Waals surface area contributed by atoms with Gasteiger partial charge in [-0.2, -0.15) is 0 Å². The van der Waals surface area contributed by atoms with Gasteiger partial charge in [-0.1, -0.05) is 29.8 Å². The molecule has 1 aliphatic heterocycles. The third-order valence-corrected chi connectivity index (χ3v) is 4.52. The van der Waals surface area contributed by atoms with Crippen molar-refractivity contribution in [3.8, 4) is 0 Å². The summed E-state index contributed by atoms with van der Waals surface area (Å²) in [7, 11) is 0. The largest absolute Gasteiger partial charge is 0.300 e. The van der Waals surface area contributed by atoms with Crippen molar-refractivity contribution in [2.45, 2.75) is 6.92 Å². The maximum atomic E-state index is 12.9. The number of benzene rings is 2. The predicted octanol–water partition coefficient (Wildman–Crippen LogP) is 4.68. The normalized spacial score (nSPS) is 17.8.